The molecule has 0 saturated carbocycles. The average molecular weight is 915 g/mol. The van der Waals surface area contributed by atoms with E-state index in [2.05, 4.69) is 67.8 Å². The van der Waals surface area contributed by atoms with Crippen molar-refractivity contribution in [3.63, 3.8) is 0 Å². The van der Waals surface area contributed by atoms with E-state index < -0.39 is 36.9 Å². The van der Waals surface area contributed by atoms with Crippen molar-refractivity contribution in [2.45, 2.75) is 314 Å². The maximum Gasteiger partial charge on any atom is 0.249 e. The van der Waals surface area contributed by atoms with Gasteiger partial charge < -0.3 is 25.7 Å². The van der Waals surface area contributed by atoms with Crippen LogP contribution in [0.4, 0.5) is 0 Å². The smallest absolute Gasteiger partial charge is 0.249 e. The van der Waals surface area contributed by atoms with Crippen molar-refractivity contribution in [3.8, 4) is 0 Å². The summed E-state index contributed by atoms with van der Waals surface area (Å²) in [6.07, 6.45) is 67.5. The Morgan fingerprint density at radius 2 is 0.646 bits per heavy atom. The van der Waals surface area contributed by atoms with Crippen LogP contribution < -0.4 is 5.32 Å². The van der Waals surface area contributed by atoms with Gasteiger partial charge in [0.05, 0.1) is 18.8 Å². The normalized spacial score (nSPS) is 14.1. The van der Waals surface area contributed by atoms with Gasteiger partial charge in [0.2, 0.25) is 5.91 Å². The zero-order chi connectivity index (χ0) is 47.4. The van der Waals surface area contributed by atoms with Gasteiger partial charge in [-0.05, 0) is 89.9 Å². The van der Waals surface area contributed by atoms with E-state index >= 15 is 0 Å². The molecule has 4 atom stereocenters. The van der Waals surface area contributed by atoms with Crippen LogP contribution in [0.15, 0.2) is 48.6 Å². The van der Waals surface area contributed by atoms with Crippen molar-refractivity contribution in [1.29, 1.82) is 0 Å². The van der Waals surface area contributed by atoms with Crippen LogP contribution in [-0.2, 0) is 4.79 Å². The maximum atomic E-state index is 12.6. The molecule has 0 rings (SSSR count). The molecular formula is C59H111NO5. The molecule has 0 fully saturated rings. The third-order valence-corrected chi connectivity index (χ3v) is 13.2. The monoisotopic (exact) mass is 914 g/mol. The Kier molecular flexibility index (Phi) is 51.8. The molecule has 4 unspecified atom stereocenters. The van der Waals surface area contributed by atoms with Crippen molar-refractivity contribution in [3.05, 3.63) is 48.6 Å². The van der Waals surface area contributed by atoms with Crippen molar-refractivity contribution in [1.82, 2.24) is 5.32 Å². The van der Waals surface area contributed by atoms with Crippen LogP contribution >= 0.6 is 0 Å². The average Bonchev–Trinajstić information content (AvgIpc) is 3.31. The van der Waals surface area contributed by atoms with Gasteiger partial charge in [0.1, 0.15) is 12.2 Å². The van der Waals surface area contributed by atoms with Gasteiger partial charge in [-0.3, -0.25) is 4.79 Å². The van der Waals surface area contributed by atoms with E-state index in [1.807, 2.05) is 0 Å². The summed E-state index contributed by atoms with van der Waals surface area (Å²) in [5, 5.41) is 43.9. The van der Waals surface area contributed by atoms with E-state index in [1.54, 1.807) is 0 Å². The molecule has 0 saturated heterocycles. The van der Waals surface area contributed by atoms with E-state index in [-0.39, 0.29) is 0 Å². The molecule has 5 N–H and O–H groups in total. The number of carbonyl (C=O) groups is 1. The van der Waals surface area contributed by atoms with Gasteiger partial charge in [0.15, 0.2) is 0 Å². The number of hydrogen-bond donors (Lipinski definition) is 5. The summed E-state index contributed by atoms with van der Waals surface area (Å²) >= 11 is 0. The highest BCUT2D eigenvalue weighted by Crippen LogP contribution is 2.16. The molecule has 0 aliphatic carbocycles. The van der Waals surface area contributed by atoms with Crippen molar-refractivity contribution in [2.24, 2.45) is 0 Å². The van der Waals surface area contributed by atoms with Gasteiger partial charge >= 0.3 is 0 Å². The summed E-state index contributed by atoms with van der Waals surface area (Å²) in [4.78, 5) is 12.6. The standard InChI is InChI=1S/C59H111NO5/c1-3-5-7-9-11-13-15-17-19-21-23-25-27-28-29-31-32-34-36-38-40-42-44-46-48-50-52-56(62)58(64)55(54-61)60-59(65)57(63)53-51-49-47-45-43-41-39-37-35-33-30-26-24-22-20-18-16-14-12-10-8-6-4-2/h29,31,33,35-36,38,44,46,55-58,61-64H,3-28,30,32,34,37,39-43,45,47-54H2,1-2H3,(H,60,65)/b31-29+,35-33-,38-36+,46-44+. The van der Waals surface area contributed by atoms with E-state index in [0.29, 0.717) is 19.3 Å². The fourth-order valence-corrected chi connectivity index (χ4v) is 8.73. The molecule has 0 radical (unpaired) electrons. The highest BCUT2D eigenvalue weighted by atomic mass is 16.3. The number of aliphatic hydroxyl groups is 4. The second-order valence-corrected chi connectivity index (χ2v) is 19.6. The van der Waals surface area contributed by atoms with Crippen LogP contribution in [-0.4, -0.2) is 57.3 Å². The van der Waals surface area contributed by atoms with Crippen LogP contribution in [0, 0.1) is 0 Å². The van der Waals surface area contributed by atoms with E-state index in [0.717, 1.165) is 51.4 Å². The van der Waals surface area contributed by atoms with Crippen molar-refractivity contribution in [2.75, 3.05) is 6.61 Å². The number of aliphatic hydroxyl groups excluding tert-OH is 4. The molecule has 6 nitrogen and oxygen atoms in total. The first-order valence-electron chi connectivity index (χ1n) is 28.5. The molecule has 1 amide bonds. The molecule has 0 aromatic rings. The fourth-order valence-electron chi connectivity index (χ4n) is 8.73. The topological polar surface area (TPSA) is 110 Å². The lowest BCUT2D eigenvalue weighted by Crippen LogP contribution is -2.53. The predicted molar refractivity (Wildman–Crippen MR) is 283 cm³/mol. The molecule has 0 heterocycles. The van der Waals surface area contributed by atoms with Crippen LogP contribution in [0.5, 0.6) is 0 Å². The van der Waals surface area contributed by atoms with Gasteiger partial charge in [0.25, 0.3) is 0 Å². The molecule has 0 spiro atoms. The minimum absolute atomic E-state index is 0.353. The zero-order valence-electron chi connectivity index (χ0n) is 43.2. The second kappa shape index (κ2) is 53.2. The fraction of sp³-hybridized carbons (Fsp3) is 0.847. The third-order valence-electron chi connectivity index (χ3n) is 13.2. The summed E-state index contributed by atoms with van der Waals surface area (Å²) in [6, 6.07) is -1.02. The lowest BCUT2D eigenvalue weighted by molar-refractivity contribution is -0.132. The molecule has 382 valence electrons. The first-order valence-corrected chi connectivity index (χ1v) is 28.5. The molecule has 0 aromatic carbocycles. The number of unbranched alkanes of at least 4 members (excludes halogenated alkanes) is 35. The molecule has 0 aliphatic heterocycles. The van der Waals surface area contributed by atoms with Gasteiger partial charge in [-0.1, -0.05) is 249 Å². The number of carbonyl (C=O) groups excluding carboxylic acids is 1. The SMILES string of the molecule is CCCCCCCCCCCCCC/C=C\CCCCCCCCCC(O)C(=O)NC(CO)C(O)C(O)CCC/C=C/CC/C=C/CC/C=C/CCCCCCCCCCCCCCC. The van der Waals surface area contributed by atoms with Crippen LogP contribution in [0.25, 0.3) is 0 Å². The third kappa shape index (κ3) is 47.1. The highest BCUT2D eigenvalue weighted by Gasteiger charge is 2.28. The quantitative estimate of drug-likeness (QED) is 0.0308. The Bertz CT molecular complexity index is 1070. The van der Waals surface area contributed by atoms with E-state index in [9.17, 15) is 25.2 Å². The largest absolute Gasteiger partial charge is 0.394 e. The van der Waals surface area contributed by atoms with Gasteiger partial charge in [-0.25, -0.2) is 0 Å². The van der Waals surface area contributed by atoms with Gasteiger partial charge in [-0.15, -0.1) is 0 Å². The van der Waals surface area contributed by atoms with E-state index in [1.165, 1.54) is 205 Å². The summed E-state index contributed by atoms with van der Waals surface area (Å²) in [5.74, 6) is -0.601. The van der Waals surface area contributed by atoms with Crippen LogP contribution in [0.3, 0.4) is 0 Å². The molecular weight excluding hydrogens is 803 g/mol. The number of amides is 1. The van der Waals surface area contributed by atoms with Crippen LogP contribution in [0.2, 0.25) is 0 Å². The predicted octanol–water partition coefficient (Wildman–Crippen LogP) is 16.6. The van der Waals surface area contributed by atoms with Crippen molar-refractivity contribution < 1.29 is 25.2 Å². The summed E-state index contributed by atoms with van der Waals surface area (Å²) in [5.41, 5.74) is 0. The Balaban J connectivity index is 3.72. The van der Waals surface area contributed by atoms with Crippen molar-refractivity contribution >= 4 is 5.91 Å². The minimum Gasteiger partial charge on any atom is -0.394 e. The molecule has 0 bridgehead atoms. The zero-order valence-corrected chi connectivity index (χ0v) is 43.2. The number of hydrogen-bond acceptors (Lipinski definition) is 5. The first-order chi connectivity index (χ1) is 32.0. The lowest BCUT2D eigenvalue weighted by Gasteiger charge is -2.27. The molecule has 0 aliphatic rings. The van der Waals surface area contributed by atoms with Gasteiger partial charge in [-0.2, -0.15) is 0 Å². The Morgan fingerprint density at radius 3 is 0.969 bits per heavy atom. The van der Waals surface area contributed by atoms with Gasteiger partial charge in [0, 0.05) is 0 Å². The Morgan fingerprint density at radius 1 is 0.369 bits per heavy atom. The summed E-state index contributed by atoms with van der Waals surface area (Å²) in [6.45, 7) is 4.06. The van der Waals surface area contributed by atoms with Crippen LogP contribution in [0.1, 0.15) is 290 Å². The molecule has 65 heavy (non-hydrogen) atoms. The maximum absolute atomic E-state index is 12.6. The Labute approximate surface area is 404 Å². The molecule has 6 heteroatoms. The molecule has 0 aromatic heterocycles. The minimum atomic E-state index is -1.30. The Hall–Kier alpha value is -1.73. The van der Waals surface area contributed by atoms with E-state index in [4.69, 9.17) is 0 Å². The summed E-state index contributed by atoms with van der Waals surface area (Å²) in [7, 11) is 0. The number of nitrogens with one attached hydrogen (secondary N) is 1. The summed E-state index contributed by atoms with van der Waals surface area (Å²) < 4.78 is 0. The second-order valence-electron chi connectivity index (χ2n) is 19.6. The lowest BCUT2D eigenvalue weighted by atomic mass is 10.00. The first kappa shape index (κ1) is 63.3. The highest BCUT2D eigenvalue weighted by molar-refractivity contribution is 5.80. The number of allylic oxidation sites excluding steroid dienone is 8. The number of rotatable bonds is 52.